The van der Waals surface area contributed by atoms with Gasteiger partial charge in [0.1, 0.15) is 5.75 Å². The molecule has 0 atom stereocenters. The first-order valence-electron chi connectivity index (χ1n) is 5.25. The van der Waals surface area contributed by atoms with Gasteiger partial charge in [0.25, 0.3) is 5.88 Å². The molecule has 0 bridgehead atoms. The number of benzene rings is 1. The van der Waals surface area contributed by atoms with Crippen LogP contribution in [0.4, 0.5) is 23.5 Å². The third-order valence-corrected chi connectivity index (χ3v) is 2.24. The van der Waals surface area contributed by atoms with Gasteiger partial charge in [-0.2, -0.15) is 22.5 Å². The highest BCUT2D eigenvalue weighted by Crippen LogP contribution is 2.37. The SMILES string of the molecule is NNc1ncc(F)c(Oc2ccccc2C(F)(F)F)n1. The van der Waals surface area contributed by atoms with Crippen LogP contribution in [0.2, 0.25) is 0 Å². The fraction of sp³-hybridized carbons (Fsp3) is 0.0909. The number of alkyl halides is 3. The average Bonchev–Trinajstić information content (AvgIpc) is 2.41. The number of nitrogens with one attached hydrogen (secondary N) is 1. The molecule has 0 aliphatic carbocycles. The summed E-state index contributed by atoms with van der Waals surface area (Å²) in [7, 11) is 0. The van der Waals surface area contributed by atoms with Crippen LogP contribution in [-0.4, -0.2) is 9.97 Å². The Labute approximate surface area is 110 Å². The van der Waals surface area contributed by atoms with Crippen LogP contribution in [0.1, 0.15) is 5.56 Å². The van der Waals surface area contributed by atoms with Crippen LogP contribution in [0.3, 0.4) is 0 Å². The largest absolute Gasteiger partial charge is 0.436 e. The van der Waals surface area contributed by atoms with Gasteiger partial charge in [-0.25, -0.2) is 10.8 Å². The van der Waals surface area contributed by atoms with Crippen LogP contribution in [0, 0.1) is 5.82 Å². The Morgan fingerprint density at radius 2 is 1.90 bits per heavy atom. The molecule has 1 heterocycles. The highest BCUT2D eigenvalue weighted by Gasteiger charge is 2.34. The molecule has 1 aromatic heterocycles. The Kier molecular flexibility index (Phi) is 3.70. The molecule has 0 radical (unpaired) electrons. The Morgan fingerprint density at radius 1 is 1.20 bits per heavy atom. The van der Waals surface area contributed by atoms with Crippen molar-refractivity contribution in [1.29, 1.82) is 0 Å². The van der Waals surface area contributed by atoms with Gasteiger partial charge in [0, 0.05) is 0 Å². The third-order valence-electron chi connectivity index (χ3n) is 2.24. The van der Waals surface area contributed by atoms with Gasteiger partial charge in [0.2, 0.25) is 11.8 Å². The number of hydrogen-bond donors (Lipinski definition) is 2. The van der Waals surface area contributed by atoms with Crippen LogP contribution >= 0.6 is 0 Å². The molecule has 3 N–H and O–H groups in total. The fourth-order valence-corrected chi connectivity index (χ4v) is 1.39. The van der Waals surface area contributed by atoms with Crippen molar-refractivity contribution in [1.82, 2.24) is 9.97 Å². The predicted octanol–water partition coefficient (Wildman–Crippen LogP) is 2.71. The summed E-state index contributed by atoms with van der Waals surface area (Å²) in [5, 5.41) is 0. The van der Waals surface area contributed by atoms with E-state index in [-0.39, 0.29) is 5.95 Å². The summed E-state index contributed by atoms with van der Waals surface area (Å²) in [6.45, 7) is 0. The average molecular weight is 288 g/mol. The first kappa shape index (κ1) is 14.0. The first-order chi connectivity index (χ1) is 9.41. The standard InChI is InChI=1S/C11H8F4N4O/c12-7-5-17-10(19-16)18-9(7)20-8-4-2-1-3-6(8)11(13,14)15/h1-5H,16H2,(H,17,18,19). The zero-order valence-corrected chi connectivity index (χ0v) is 9.78. The van der Waals surface area contributed by atoms with Crippen LogP contribution in [0.15, 0.2) is 30.5 Å². The number of nitrogens with two attached hydrogens (primary N) is 1. The highest BCUT2D eigenvalue weighted by molar-refractivity contribution is 5.39. The molecule has 1 aromatic carbocycles. The lowest BCUT2D eigenvalue weighted by Gasteiger charge is -2.13. The van der Waals surface area contributed by atoms with Crippen molar-refractivity contribution in [3.63, 3.8) is 0 Å². The van der Waals surface area contributed by atoms with Crippen molar-refractivity contribution in [2.75, 3.05) is 5.43 Å². The minimum Gasteiger partial charge on any atom is -0.436 e. The number of rotatable bonds is 3. The van der Waals surface area contributed by atoms with E-state index in [0.29, 0.717) is 0 Å². The first-order valence-corrected chi connectivity index (χ1v) is 5.25. The quantitative estimate of drug-likeness (QED) is 0.516. The molecule has 0 aliphatic heterocycles. The summed E-state index contributed by atoms with van der Waals surface area (Å²) in [5.74, 6) is 2.60. The third kappa shape index (κ3) is 2.94. The molecule has 0 aliphatic rings. The van der Waals surface area contributed by atoms with Gasteiger partial charge in [0.05, 0.1) is 11.8 Å². The van der Waals surface area contributed by atoms with Crippen molar-refractivity contribution < 1.29 is 22.3 Å². The summed E-state index contributed by atoms with van der Waals surface area (Å²) >= 11 is 0. The smallest absolute Gasteiger partial charge is 0.419 e. The molecular weight excluding hydrogens is 280 g/mol. The zero-order chi connectivity index (χ0) is 14.8. The van der Waals surface area contributed by atoms with Gasteiger partial charge in [0.15, 0.2) is 0 Å². The van der Waals surface area contributed by atoms with Gasteiger partial charge >= 0.3 is 6.18 Å². The lowest BCUT2D eigenvalue weighted by Crippen LogP contribution is -2.12. The summed E-state index contributed by atoms with van der Waals surface area (Å²) in [6, 6.07) is 4.39. The zero-order valence-electron chi connectivity index (χ0n) is 9.78. The van der Waals surface area contributed by atoms with Crippen molar-refractivity contribution in [3.8, 4) is 11.6 Å². The topological polar surface area (TPSA) is 73.1 Å². The van der Waals surface area contributed by atoms with Crippen molar-refractivity contribution in [2.24, 2.45) is 5.84 Å². The molecule has 0 saturated carbocycles. The van der Waals surface area contributed by atoms with Crippen LogP contribution in [0.25, 0.3) is 0 Å². The van der Waals surface area contributed by atoms with Crippen LogP contribution in [0.5, 0.6) is 11.6 Å². The van der Waals surface area contributed by atoms with Crippen molar-refractivity contribution >= 4 is 5.95 Å². The highest BCUT2D eigenvalue weighted by atomic mass is 19.4. The number of halogens is 4. The van der Waals surface area contributed by atoms with Gasteiger partial charge in [-0.05, 0) is 12.1 Å². The Morgan fingerprint density at radius 3 is 2.55 bits per heavy atom. The molecule has 20 heavy (non-hydrogen) atoms. The number of ether oxygens (including phenoxy) is 1. The summed E-state index contributed by atoms with van der Waals surface area (Å²) in [4.78, 5) is 6.94. The maximum absolute atomic E-state index is 13.4. The second-order valence-electron chi connectivity index (χ2n) is 3.59. The number of hydrazine groups is 1. The second-order valence-corrected chi connectivity index (χ2v) is 3.59. The maximum Gasteiger partial charge on any atom is 0.419 e. The van der Waals surface area contributed by atoms with E-state index in [1.807, 2.05) is 5.43 Å². The molecule has 5 nitrogen and oxygen atoms in total. The minimum atomic E-state index is -4.63. The van der Waals surface area contributed by atoms with E-state index in [9.17, 15) is 17.6 Å². The molecule has 9 heteroatoms. The fourth-order valence-electron chi connectivity index (χ4n) is 1.39. The molecule has 0 spiro atoms. The summed E-state index contributed by atoms with van der Waals surface area (Å²) < 4.78 is 56.6. The second kappa shape index (κ2) is 5.29. The number of anilines is 1. The molecule has 0 unspecified atom stereocenters. The summed E-state index contributed by atoms with van der Waals surface area (Å²) in [5.41, 5.74) is 0.993. The van der Waals surface area contributed by atoms with E-state index in [2.05, 4.69) is 9.97 Å². The van der Waals surface area contributed by atoms with Gasteiger partial charge in [-0.15, -0.1) is 0 Å². The Bertz CT molecular complexity index is 618. The monoisotopic (exact) mass is 288 g/mol. The molecule has 0 amide bonds. The van der Waals surface area contributed by atoms with E-state index >= 15 is 0 Å². The number of para-hydroxylation sites is 1. The molecule has 106 valence electrons. The van der Waals surface area contributed by atoms with E-state index in [4.69, 9.17) is 10.6 Å². The Hall–Kier alpha value is -2.42. The minimum absolute atomic E-state index is 0.189. The van der Waals surface area contributed by atoms with Crippen molar-refractivity contribution in [3.05, 3.63) is 41.8 Å². The Balaban J connectivity index is 2.40. The van der Waals surface area contributed by atoms with E-state index < -0.39 is 29.2 Å². The van der Waals surface area contributed by atoms with E-state index in [1.54, 1.807) is 0 Å². The number of hydrogen-bond acceptors (Lipinski definition) is 5. The number of nitrogens with zero attached hydrogens (tertiary/aromatic N) is 2. The van der Waals surface area contributed by atoms with Gasteiger partial charge < -0.3 is 4.74 Å². The molecule has 2 rings (SSSR count). The lowest BCUT2D eigenvalue weighted by atomic mass is 10.2. The molecular formula is C11H8F4N4O. The van der Waals surface area contributed by atoms with Crippen LogP contribution in [-0.2, 0) is 6.18 Å². The molecule has 0 fully saturated rings. The predicted molar refractivity (Wildman–Crippen MR) is 61.3 cm³/mol. The normalized spacial score (nSPS) is 11.2. The molecule has 0 saturated heterocycles. The maximum atomic E-state index is 13.4. The summed E-state index contributed by atoms with van der Waals surface area (Å²) in [6.07, 6.45) is -3.90. The van der Waals surface area contributed by atoms with Crippen molar-refractivity contribution in [2.45, 2.75) is 6.18 Å². The lowest BCUT2D eigenvalue weighted by molar-refractivity contribution is -0.138. The number of aromatic nitrogens is 2. The van der Waals surface area contributed by atoms with E-state index in [1.165, 1.54) is 12.1 Å². The number of nitrogen functional groups attached to an aromatic ring is 1. The molecule has 2 aromatic rings. The van der Waals surface area contributed by atoms with Gasteiger partial charge in [-0.1, -0.05) is 12.1 Å². The van der Waals surface area contributed by atoms with E-state index in [0.717, 1.165) is 18.3 Å². The van der Waals surface area contributed by atoms with Crippen LogP contribution < -0.4 is 16.0 Å². The van der Waals surface area contributed by atoms with Gasteiger partial charge in [-0.3, -0.25) is 5.43 Å².